The minimum atomic E-state index is -1.23. The number of nitrogens with one attached hydrogen (secondary N) is 2. The lowest BCUT2D eigenvalue weighted by Crippen LogP contribution is -2.43. The maximum absolute atomic E-state index is 12.9. The van der Waals surface area contributed by atoms with Gasteiger partial charge in [-0.15, -0.1) is 0 Å². The molecular weight excluding hydrogens is 429 g/mol. The average Bonchev–Trinajstić information content (AvgIpc) is 2.87. The molecule has 8 heteroatoms. The number of carbonyl (C=O) groups excluding carboxylic acids is 3. The van der Waals surface area contributed by atoms with E-state index in [0.29, 0.717) is 18.5 Å². The fourth-order valence-electron chi connectivity index (χ4n) is 3.03. The van der Waals surface area contributed by atoms with Gasteiger partial charge < -0.3 is 10.6 Å². The molecule has 1 aliphatic heterocycles. The van der Waals surface area contributed by atoms with Crippen LogP contribution in [0.2, 0.25) is 0 Å². The van der Waals surface area contributed by atoms with E-state index in [0.717, 1.165) is 14.9 Å². The summed E-state index contributed by atoms with van der Waals surface area (Å²) >= 11 is 3.35. The van der Waals surface area contributed by atoms with Crippen molar-refractivity contribution >= 4 is 33.8 Å². The van der Waals surface area contributed by atoms with Crippen molar-refractivity contribution in [3.63, 3.8) is 0 Å². The number of hydrogen-bond acceptors (Lipinski definition) is 3. The molecular formula is C20H19BrFN3O3. The number of carbonyl (C=O) groups is 3. The largest absolute Gasteiger partial charge is 0.354 e. The second kappa shape index (κ2) is 8.10. The van der Waals surface area contributed by atoms with Crippen molar-refractivity contribution in [3.05, 3.63) is 69.9 Å². The quantitative estimate of drug-likeness (QED) is 0.668. The summed E-state index contributed by atoms with van der Waals surface area (Å²) in [4.78, 5) is 38.2. The van der Waals surface area contributed by atoms with Crippen LogP contribution in [0.5, 0.6) is 0 Å². The van der Waals surface area contributed by atoms with Crippen LogP contribution in [0.25, 0.3) is 0 Å². The van der Waals surface area contributed by atoms with Crippen LogP contribution < -0.4 is 10.6 Å². The summed E-state index contributed by atoms with van der Waals surface area (Å²) in [5.41, 5.74) is 0.272. The summed E-state index contributed by atoms with van der Waals surface area (Å²) in [5, 5.41) is 5.34. The van der Waals surface area contributed by atoms with Crippen LogP contribution in [-0.4, -0.2) is 35.8 Å². The molecule has 0 unspecified atom stereocenters. The lowest BCUT2D eigenvalue weighted by Gasteiger charge is -2.22. The van der Waals surface area contributed by atoms with Crippen molar-refractivity contribution in [2.24, 2.45) is 0 Å². The first kappa shape index (κ1) is 20.0. The van der Waals surface area contributed by atoms with Crippen molar-refractivity contribution in [2.75, 3.05) is 13.1 Å². The predicted molar refractivity (Wildman–Crippen MR) is 105 cm³/mol. The first-order valence-corrected chi connectivity index (χ1v) is 9.50. The molecule has 0 radical (unpaired) electrons. The summed E-state index contributed by atoms with van der Waals surface area (Å²) in [6.07, 6.45) is 0.516. The van der Waals surface area contributed by atoms with E-state index in [1.54, 1.807) is 37.3 Å². The molecule has 2 aromatic carbocycles. The van der Waals surface area contributed by atoms with Crippen molar-refractivity contribution in [3.8, 4) is 0 Å². The van der Waals surface area contributed by atoms with E-state index in [1.807, 2.05) is 6.07 Å². The lowest BCUT2D eigenvalue weighted by atomic mass is 9.92. The van der Waals surface area contributed by atoms with Gasteiger partial charge >= 0.3 is 6.03 Å². The normalized spacial score (nSPS) is 18.9. The van der Waals surface area contributed by atoms with E-state index in [2.05, 4.69) is 26.6 Å². The van der Waals surface area contributed by atoms with Gasteiger partial charge in [0, 0.05) is 11.0 Å². The third kappa shape index (κ3) is 4.22. The number of imide groups is 1. The zero-order valence-corrected chi connectivity index (χ0v) is 16.8. The first-order valence-electron chi connectivity index (χ1n) is 8.71. The van der Waals surface area contributed by atoms with E-state index in [-0.39, 0.29) is 12.4 Å². The van der Waals surface area contributed by atoms with Crippen LogP contribution in [0.3, 0.4) is 0 Å². The molecule has 4 amide bonds. The Bertz CT molecular complexity index is 919. The minimum Gasteiger partial charge on any atom is -0.354 e. The van der Waals surface area contributed by atoms with E-state index in [9.17, 15) is 18.8 Å². The molecule has 0 aromatic heterocycles. The highest BCUT2D eigenvalue weighted by molar-refractivity contribution is 9.10. The number of urea groups is 1. The topological polar surface area (TPSA) is 78.5 Å². The smallest absolute Gasteiger partial charge is 0.325 e. The van der Waals surface area contributed by atoms with Gasteiger partial charge in [-0.1, -0.05) is 40.2 Å². The number of benzene rings is 2. The fourth-order valence-corrected chi connectivity index (χ4v) is 3.43. The van der Waals surface area contributed by atoms with Gasteiger partial charge in [-0.2, -0.15) is 0 Å². The average molecular weight is 448 g/mol. The lowest BCUT2D eigenvalue weighted by molar-refractivity contribution is -0.134. The Labute approximate surface area is 170 Å². The minimum absolute atomic E-state index is 0.316. The van der Waals surface area contributed by atoms with Crippen LogP contribution in [0.15, 0.2) is 53.0 Å². The van der Waals surface area contributed by atoms with E-state index < -0.39 is 23.4 Å². The summed E-state index contributed by atoms with van der Waals surface area (Å²) in [5.74, 6) is -1.24. The highest BCUT2D eigenvalue weighted by Gasteiger charge is 2.49. The van der Waals surface area contributed by atoms with E-state index in [1.165, 1.54) is 12.1 Å². The number of rotatable bonds is 6. The molecule has 3 rings (SSSR count). The monoisotopic (exact) mass is 447 g/mol. The molecule has 0 bridgehead atoms. The third-order valence-electron chi connectivity index (χ3n) is 4.63. The molecule has 28 heavy (non-hydrogen) atoms. The van der Waals surface area contributed by atoms with E-state index >= 15 is 0 Å². The fraction of sp³-hybridized carbons (Fsp3) is 0.250. The highest BCUT2D eigenvalue weighted by atomic mass is 79.9. The molecule has 146 valence electrons. The molecule has 0 aliphatic carbocycles. The molecule has 1 fully saturated rings. The summed E-state index contributed by atoms with van der Waals surface area (Å²) in [6, 6.07) is 12.5. The molecule has 2 aromatic rings. The van der Waals surface area contributed by atoms with Crippen molar-refractivity contribution in [1.29, 1.82) is 0 Å². The van der Waals surface area contributed by atoms with Gasteiger partial charge in [0.25, 0.3) is 5.91 Å². The third-order valence-corrected chi connectivity index (χ3v) is 5.12. The highest BCUT2D eigenvalue weighted by Crippen LogP contribution is 2.30. The van der Waals surface area contributed by atoms with Crippen LogP contribution in [-0.2, 0) is 21.5 Å². The maximum Gasteiger partial charge on any atom is 0.325 e. The summed E-state index contributed by atoms with van der Waals surface area (Å²) in [6.45, 7) is 1.57. The molecule has 0 saturated carbocycles. The predicted octanol–water partition coefficient (Wildman–Crippen LogP) is 2.71. The number of nitrogens with zero attached hydrogens (tertiary/aromatic N) is 1. The molecule has 1 atom stereocenters. The molecule has 2 N–H and O–H groups in total. The zero-order chi connectivity index (χ0) is 20.3. The standard InChI is InChI=1S/C20H19BrFN3O3/c1-20(14-3-2-4-15(21)11-14)18(27)25(19(28)24-20)12-17(26)23-10-9-13-5-7-16(22)8-6-13/h2-8,11H,9-10,12H2,1H3,(H,23,26)(H,24,28)/t20-/m1/s1. The summed E-state index contributed by atoms with van der Waals surface area (Å²) < 4.78 is 13.7. The second-order valence-corrected chi connectivity index (χ2v) is 7.60. The zero-order valence-electron chi connectivity index (χ0n) is 15.2. The molecule has 1 heterocycles. The SMILES string of the molecule is C[C@]1(c2cccc(Br)c2)NC(=O)N(CC(=O)NCCc2ccc(F)cc2)C1=O. The van der Waals surface area contributed by atoms with Gasteiger partial charge in [-0.3, -0.25) is 14.5 Å². The Kier molecular flexibility index (Phi) is 5.79. The van der Waals surface area contributed by atoms with Crippen molar-refractivity contribution < 1.29 is 18.8 Å². The van der Waals surface area contributed by atoms with Crippen LogP contribution >= 0.6 is 15.9 Å². The van der Waals surface area contributed by atoms with Gasteiger partial charge in [0.2, 0.25) is 5.91 Å². The molecule has 0 spiro atoms. The Balaban J connectivity index is 1.59. The maximum atomic E-state index is 12.9. The molecule has 6 nitrogen and oxygen atoms in total. The Morgan fingerprint density at radius 2 is 1.93 bits per heavy atom. The Hall–Kier alpha value is -2.74. The van der Waals surface area contributed by atoms with E-state index in [4.69, 9.17) is 0 Å². The van der Waals surface area contributed by atoms with Crippen LogP contribution in [0, 0.1) is 5.82 Å². The molecule has 1 aliphatic rings. The number of halogens is 2. The van der Waals surface area contributed by atoms with Gasteiger partial charge in [-0.25, -0.2) is 9.18 Å². The number of hydrogen-bond donors (Lipinski definition) is 2. The Morgan fingerprint density at radius 1 is 1.21 bits per heavy atom. The van der Waals surface area contributed by atoms with Gasteiger partial charge in [-0.05, 0) is 48.7 Å². The Morgan fingerprint density at radius 3 is 2.61 bits per heavy atom. The summed E-state index contributed by atoms with van der Waals surface area (Å²) in [7, 11) is 0. The van der Waals surface area contributed by atoms with Gasteiger partial charge in [0.1, 0.15) is 17.9 Å². The van der Waals surface area contributed by atoms with Crippen molar-refractivity contribution in [2.45, 2.75) is 18.9 Å². The van der Waals surface area contributed by atoms with Crippen LogP contribution in [0.1, 0.15) is 18.1 Å². The van der Waals surface area contributed by atoms with Gasteiger partial charge in [0.15, 0.2) is 0 Å². The first-order chi connectivity index (χ1) is 13.3. The molecule has 1 saturated heterocycles. The van der Waals surface area contributed by atoms with Crippen LogP contribution in [0.4, 0.5) is 9.18 Å². The van der Waals surface area contributed by atoms with Gasteiger partial charge in [0.05, 0.1) is 0 Å². The van der Waals surface area contributed by atoms with Crippen molar-refractivity contribution in [1.82, 2.24) is 15.5 Å². The number of amides is 4. The second-order valence-electron chi connectivity index (χ2n) is 6.68.